The monoisotopic (exact) mass is 251 g/mol. The van der Waals surface area contributed by atoms with Crippen LogP contribution in [0.1, 0.15) is 25.7 Å². The number of carbonyl (C=O) groups is 2. The number of carboxylic acids is 1. The lowest BCUT2D eigenvalue weighted by Crippen LogP contribution is -2.46. The van der Waals surface area contributed by atoms with Crippen molar-refractivity contribution in [3.8, 4) is 0 Å². The molecule has 1 aliphatic carbocycles. The molecule has 2 N–H and O–H groups in total. The summed E-state index contributed by atoms with van der Waals surface area (Å²) in [6.07, 6.45) is 6.58. The SMILES string of the molecule is O=C(Cn1cccn1)NC1CCCCC1C(=O)O. The molecule has 1 amide bonds. The highest BCUT2D eigenvalue weighted by atomic mass is 16.4. The summed E-state index contributed by atoms with van der Waals surface area (Å²) in [5, 5.41) is 15.9. The van der Waals surface area contributed by atoms with E-state index in [9.17, 15) is 9.59 Å². The predicted molar refractivity (Wildman–Crippen MR) is 63.8 cm³/mol. The Labute approximate surface area is 105 Å². The number of nitrogens with zero attached hydrogens (tertiary/aromatic N) is 2. The van der Waals surface area contributed by atoms with Crippen LogP contribution in [-0.4, -0.2) is 32.8 Å². The van der Waals surface area contributed by atoms with E-state index in [1.165, 1.54) is 4.68 Å². The molecule has 0 radical (unpaired) electrons. The number of carboxylic acid groups (broad SMARTS) is 1. The van der Waals surface area contributed by atoms with Gasteiger partial charge >= 0.3 is 5.97 Å². The van der Waals surface area contributed by atoms with E-state index in [0.29, 0.717) is 6.42 Å². The molecular weight excluding hydrogens is 234 g/mol. The average Bonchev–Trinajstić information content (AvgIpc) is 2.82. The lowest BCUT2D eigenvalue weighted by molar-refractivity contribution is -0.144. The first-order valence-electron chi connectivity index (χ1n) is 6.16. The Morgan fingerprint density at radius 3 is 2.83 bits per heavy atom. The van der Waals surface area contributed by atoms with E-state index < -0.39 is 11.9 Å². The Kier molecular flexibility index (Phi) is 3.96. The Hall–Kier alpha value is -1.85. The minimum atomic E-state index is -0.820. The number of hydrogen-bond acceptors (Lipinski definition) is 3. The fourth-order valence-electron chi connectivity index (χ4n) is 2.39. The van der Waals surface area contributed by atoms with Gasteiger partial charge in [0.25, 0.3) is 0 Å². The number of hydrogen-bond donors (Lipinski definition) is 2. The van der Waals surface area contributed by atoms with Crippen molar-refractivity contribution in [1.29, 1.82) is 0 Å². The first-order valence-corrected chi connectivity index (χ1v) is 6.16. The minimum Gasteiger partial charge on any atom is -0.481 e. The maximum Gasteiger partial charge on any atom is 0.308 e. The smallest absolute Gasteiger partial charge is 0.308 e. The van der Waals surface area contributed by atoms with Gasteiger partial charge in [-0.1, -0.05) is 12.8 Å². The zero-order valence-corrected chi connectivity index (χ0v) is 10.1. The number of rotatable bonds is 4. The maximum absolute atomic E-state index is 11.8. The highest BCUT2D eigenvalue weighted by Gasteiger charge is 2.31. The molecule has 98 valence electrons. The van der Waals surface area contributed by atoms with Gasteiger partial charge in [-0.2, -0.15) is 5.10 Å². The topological polar surface area (TPSA) is 84.2 Å². The third kappa shape index (κ3) is 3.09. The van der Waals surface area contributed by atoms with Crippen molar-refractivity contribution in [2.75, 3.05) is 0 Å². The molecular formula is C12H17N3O3. The van der Waals surface area contributed by atoms with Crippen LogP contribution in [0.2, 0.25) is 0 Å². The summed E-state index contributed by atoms with van der Waals surface area (Å²) in [6.45, 7) is 0.135. The third-order valence-electron chi connectivity index (χ3n) is 3.29. The number of nitrogens with one attached hydrogen (secondary N) is 1. The van der Waals surface area contributed by atoms with E-state index in [1.807, 2.05) is 0 Å². The van der Waals surface area contributed by atoms with Crippen LogP contribution < -0.4 is 5.32 Å². The third-order valence-corrected chi connectivity index (χ3v) is 3.29. The lowest BCUT2D eigenvalue weighted by atomic mass is 9.84. The molecule has 0 bridgehead atoms. The standard InChI is InChI=1S/C12H17N3O3/c16-11(8-15-7-3-6-13-15)14-10-5-2-1-4-9(10)12(17)18/h3,6-7,9-10H,1-2,4-5,8H2,(H,14,16)(H,17,18). The number of amides is 1. The number of aliphatic carboxylic acids is 1. The van der Waals surface area contributed by atoms with Gasteiger partial charge in [0.05, 0.1) is 5.92 Å². The van der Waals surface area contributed by atoms with E-state index >= 15 is 0 Å². The summed E-state index contributed by atoms with van der Waals surface area (Å²) in [5.74, 6) is -1.46. The van der Waals surface area contributed by atoms with Crippen molar-refractivity contribution >= 4 is 11.9 Å². The van der Waals surface area contributed by atoms with E-state index in [1.54, 1.807) is 18.5 Å². The molecule has 18 heavy (non-hydrogen) atoms. The molecule has 1 aliphatic rings. The summed E-state index contributed by atoms with van der Waals surface area (Å²) in [6, 6.07) is 1.49. The molecule has 2 unspecified atom stereocenters. The number of aromatic nitrogens is 2. The highest BCUT2D eigenvalue weighted by Crippen LogP contribution is 2.24. The molecule has 1 aromatic heterocycles. The van der Waals surface area contributed by atoms with Gasteiger partial charge < -0.3 is 10.4 Å². The van der Waals surface area contributed by atoms with Gasteiger partial charge in [0.15, 0.2) is 0 Å². The summed E-state index contributed by atoms with van der Waals surface area (Å²) < 4.78 is 1.52. The first-order chi connectivity index (χ1) is 8.66. The van der Waals surface area contributed by atoms with Crippen molar-refractivity contribution < 1.29 is 14.7 Å². The predicted octanol–water partition coefficient (Wildman–Crippen LogP) is 0.643. The molecule has 1 aromatic rings. The zero-order chi connectivity index (χ0) is 13.0. The van der Waals surface area contributed by atoms with Crippen LogP contribution in [-0.2, 0) is 16.1 Å². The second-order valence-corrected chi connectivity index (χ2v) is 4.61. The van der Waals surface area contributed by atoms with Gasteiger partial charge in [0.2, 0.25) is 5.91 Å². The largest absolute Gasteiger partial charge is 0.481 e. The molecule has 0 saturated heterocycles. The molecule has 0 aliphatic heterocycles. The molecule has 6 heteroatoms. The molecule has 2 rings (SSSR count). The van der Waals surface area contributed by atoms with Crippen molar-refractivity contribution in [3.05, 3.63) is 18.5 Å². The quantitative estimate of drug-likeness (QED) is 0.822. The van der Waals surface area contributed by atoms with Crippen LogP contribution >= 0.6 is 0 Å². The Morgan fingerprint density at radius 2 is 2.17 bits per heavy atom. The Morgan fingerprint density at radius 1 is 1.39 bits per heavy atom. The van der Waals surface area contributed by atoms with E-state index in [4.69, 9.17) is 5.11 Å². The van der Waals surface area contributed by atoms with Gasteiger partial charge in [-0.25, -0.2) is 0 Å². The van der Waals surface area contributed by atoms with Gasteiger partial charge in [-0.3, -0.25) is 14.3 Å². The molecule has 0 aromatic carbocycles. The van der Waals surface area contributed by atoms with E-state index in [-0.39, 0.29) is 18.5 Å². The minimum absolute atomic E-state index is 0.135. The Bertz CT molecular complexity index is 416. The van der Waals surface area contributed by atoms with Crippen molar-refractivity contribution in [2.45, 2.75) is 38.3 Å². The second kappa shape index (κ2) is 5.66. The normalized spacial score (nSPS) is 23.6. The lowest BCUT2D eigenvalue weighted by Gasteiger charge is -2.29. The highest BCUT2D eigenvalue weighted by molar-refractivity contribution is 5.78. The van der Waals surface area contributed by atoms with Gasteiger partial charge in [0.1, 0.15) is 6.54 Å². The summed E-state index contributed by atoms with van der Waals surface area (Å²) in [5.41, 5.74) is 0. The van der Waals surface area contributed by atoms with Crippen LogP contribution in [0, 0.1) is 5.92 Å². The summed E-state index contributed by atoms with van der Waals surface area (Å²) in [4.78, 5) is 22.9. The molecule has 0 spiro atoms. The van der Waals surface area contributed by atoms with Crippen molar-refractivity contribution in [2.24, 2.45) is 5.92 Å². The van der Waals surface area contributed by atoms with Crippen LogP contribution in [0.4, 0.5) is 0 Å². The van der Waals surface area contributed by atoms with Crippen LogP contribution in [0.3, 0.4) is 0 Å². The molecule has 6 nitrogen and oxygen atoms in total. The fraction of sp³-hybridized carbons (Fsp3) is 0.583. The van der Waals surface area contributed by atoms with Crippen LogP contribution in [0.25, 0.3) is 0 Å². The van der Waals surface area contributed by atoms with E-state index in [0.717, 1.165) is 19.3 Å². The number of carbonyl (C=O) groups excluding carboxylic acids is 1. The fourth-order valence-corrected chi connectivity index (χ4v) is 2.39. The van der Waals surface area contributed by atoms with Gasteiger partial charge in [0, 0.05) is 18.4 Å². The van der Waals surface area contributed by atoms with Crippen molar-refractivity contribution in [3.63, 3.8) is 0 Å². The summed E-state index contributed by atoms with van der Waals surface area (Å²) >= 11 is 0. The van der Waals surface area contributed by atoms with Crippen LogP contribution in [0.5, 0.6) is 0 Å². The molecule has 1 heterocycles. The molecule has 1 fully saturated rings. The maximum atomic E-state index is 11.8. The molecule has 1 saturated carbocycles. The summed E-state index contributed by atoms with van der Waals surface area (Å²) in [7, 11) is 0. The second-order valence-electron chi connectivity index (χ2n) is 4.61. The van der Waals surface area contributed by atoms with Gasteiger partial charge in [-0.05, 0) is 18.9 Å². The van der Waals surface area contributed by atoms with Crippen molar-refractivity contribution in [1.82, 2.24) is 15.1 Å². The van der Waals surface area contributed by atoms with Crippen LogP contribution in [0.15, 0.2) is 18.5 Å². The van der Waals surface area contributed by atoms with E-state index in [2.05, 4.69) is 10.4 Å². The first kappa shape index (κ1) is 12.6. The average molecular weight is 251 g/mol. The zero-order valence-electron chi connectivity index (χ0n) is 10.1. The Balaban J connectivity index is 1.90. The van der Waals surface area contributed by atoms with Gasteiger partial charge in [-0.15, -0.1) is 0 Å². The molecule has 2 atom stereocenters.